The summed E-state index contributed by atoms with van der Waals surface area (Å²) in [6, 6.07) is 0.464. The van der Waals surface area contributed by atoms with Crippen LogP contribution in [0.1, 0.15) is 52.4 Å². The summed E-state index contributed by atoms with van der Waals surface area (Å²) in [6.45, 7) is 6.36. The Balaban J connectivity index is 1.84. The largest absolute Gasteiger partial charge is 0.396 e. The molecule has 1 heterocycles. The Labute approximate surface area is 122 Å². The molecule has 2 amide bonds. The van der Waals surface area contributed by atoms with E-state index in [0.717, 1.165) is 32.4 Å². The van der Waals surface area contributed by atoms with Gasteiger partial charge in [-0.3, -0.25) is 0 Å². The summed E-state index contributed by atoms with van der Waals surface area (Å²) in [5.41, 5.74) is 0. The molecule has 0 spiro atoms. The van der Waals surface area contributed by atoms with Crippen molar-refractivity contribution in [2.45, 2.75) is 58.4 Å². The molecule has 2 rings (SSSR count). The van der Waals surface area contributed by atoms with E-state index in [0.29, 0.717) is 23.8 Å². The summed E-state index contributed by atoms with van der Waals surface area (Å²) in [5.74, 6) is 1.65. The summed E-state index contributed by atoms with van der Waals surface area (Å²) < 4.78 is 0. The van der Waals surface area contributed by atoms with Crippen LogP contribution in [-0.4, -0.2) is 41.8 Å². The first-order valence-corrected chi connectivity index (χ1v) is 8.28. The number of amides is 2. The maximum atomic E-state index is 12.4. The van der Waals surface area contributed by atoms with Gasteiger partial charge in [-0.1, -0.05) is 26.7 Å². The van der Waals surface area contributed by atoms with Crippen molar-refractivity contribution in [1.82, 2.24) is 10.2 Å². The maximum absolute atomic E-state index is 12.4. The fraction of sp³-hybridized carbons (Fsp3) is 0.938. The SMILES string of the molecule is CC(C)C1CCCCC1NC(=O)N1CCC(CO)CC1. The number of aliphatic hydroxyl groups excluding tert-OH is 1. The standard InChI is InChI=1S/C16H30N2O2/c1-12(2)14-5-3-4-6-15(14)17-16(20)18-9-7-13(11-19)8-10-18/h12-15,19H,3-11H2,1-2H3,(H,17,20). The second-order valence-electron chi connectivity index (χ2n) is 6.86. The Bertz CT molecular complexity index is 312. The van der Waals surface area contributed by atoms with Gasteiger partial charge >= 0.3 is 6.03 Å². The molecule has 0 aromatic heterocycles. The highest BCUT2D eigenvalue weighted by Gasteiger charge is 2.30. The van der Waals surface area contributed by atoms with Gasteiger partial charge in [0.25, 0.3) is 0 Å². The number of nitrogens with one attached hydrogen (secondary N) is 1. The third-order valence-corrected chi connectivity index (χ3v) is 5.14. The first-order valence-electron chi connectivity index (χ1n) is 8.28. The van der Waals surface area contributed by atoms with Crippen molar-refractivity contribution < 1.29 is 9.90 Å². The van der Waals surface area contributed by atoms with Crippen molar-refractivity contribution in [3.05, 3.63) is 0 Å². The predicted octanol–water partition coefficient (Wildman–Crippen LogP) is 2.62. The van der Waals surface area contributed by atoms with E-state index in [9.17, 15) is 4.79 Å². The molecule has 0 aromatic carbocycles. The molecule has 2 N–H and O–H groups in total. The van der Waals surface area contributed by atoms with Crippen LogP contribution in [0.5, 0.6) is 0 Å². The molecule has 1 aliphatic carbocycles. The van der Waals surface area contributed by atoms with Crippen LogP contribution < -0.4 is 5.32 Å². The molecule has 0 bridgehead atoms. The van der Waals surface area contributed by atoms with Crippen LogP contribution in [0, 0.1) is 17.8 Å². The van der Waals surface area contributed by atoms with Crippen molar-refractivity contribution in [1.29, 1.82) is 0 Å². The van der Waals surface area contributed by atoms with E-state index in [1.165, 1.54) is 19.3 Å². The molecule has 2 atom stereocenters. The monoisotopic (exact) mass is 282 g/mol. The lowest BCUT2D eigenvalue weighted by molar-refractivity contribution is 0.128. The van der Waals surface area contributed by atoms with Crippen LogP contribution >= 0.6 is 0 Å². The van der Waals surface area contributed by atoms with Gasteiger partial charge in [0.15, 0.2) is 0 Å². The van der Waals surface area contributed by atoms with Gasteiger partial charge in [0.2, 0.25) is 0 Å². The number of hydrogen-bond donors (Lipinski definition) is 2. The fourth-order valence-corrected chi connectivity index (χ4v) is 3.71. The molecular weight excluding hydrogens is 252 g/mol. The van der Waals surface area contributed by atoms with E-state index in [1.54, 1.807) is 0 Å². The lowest BCUT2D eigenvalue weighted by atomic mass is 9.78. The van der Waals surface area contributed by atoms with Gasteiger partial charge in [-0.25, -0.2) is 4.79 Å². The smallest absolute Gasteiger partial charge is 0.317 e. The number of rotatable bonds is 3. The molecule has 116 valence electrons. The quantitative estimate of drug-likeness (QED) is 0.836. The Morgan fingerprint density at radius 3 is 2.45 bits per heavy atom. The molecule has 2 aliphatic rings. The fourth-order valence-electron chi connectivity index (χ4n) is 3.71. The molecule has 4 nitrogen and oxygen atoms in total. The third kappa shape index (κ3) is 3.87. The van der Waals surface area contributed by atoms with Crippen molar-refractivity contribution in [3.8, 4) is 0 Å². The van der Waals surface area contributed by atoms with Crippen LogP contribution in [0.25, 0.3) is 0 Å². The van der Waals surface area contributed by atoms with Crippen molar-refractivity contribution in [2.75, 3.05) is 19.7 Å². The van der Waals surface area contributed by atoms with E-state index in [4.69, 9.17) is 5.11 Å². The van der Waals surface area contributed by atoms with Crippen LogP contribution in [0.3, 0.4) is 0 Å². The topological polar surface area (TPSA) is 52.6 Å². The van der Waals surface area contributed by atoms with E-state index in [2.05, 4.69) is 19.2 Å². The molecule has 2 unspecified atom stereocenters. The number of piperidine rings is 1. The number of hydrogen-bond acceptors (Lipinski definition) is 2. The van der Waals surface area contributed by atoms with Crippen molar-refractivity contribution >= 4 is 6.03 Å². The van der Waals surface area contributed by atoms with Crippen LogP contribution in [0.4, 0.5) is 4.79 Å². The number of likely N-dealkylation sites (tertiary alicyclic amines) is 1. The Morgan fingerprint density at radius 1 is 1.20 bits per heavy atom. The molecule has 0 aromatic rings. The molecular formula is C16H30N2O2. The highest BCUT2D eigenvalue weighted by molar-refractivity contribution is 5.74. The minimum Gasteiger partial charge on any atom is -0.396 e. The minimum atomic E-state index is 0.110. The summed E-state index contributed by atoms with van der Waals surface area (Å²) in [4.78, 5) is 14.3. The van der Waals surface area contributed by atoms with E-state index in [1.807, 2.05) is 4.90 Å². The summed E-state index contributed by atoms with van der Waals surface area (Å²) >= 11 is 0. The van der Waals surface area contributed by atoms with Gasteiger partial charge in [-0.05, 0) is 43.4 Å². The maximum Gasteiger partial charge on any atom is 0.317 e. The molecule has 0 radical (unpaired) electrons. The Morgan fingerprint density at radius 2 is 1.85 bits per heavy atom. The minimum absolute atomic E-state index is 0.110. The highest BCUT2D eigenvalue weighted by Crippen LogP contribution is 2.30. The van der Waals surface area contributed by atoms with Crippen LogP contribution in [0.15, 0.2) is 0 Å². The van der Waals surface area contributed by atoms with Gasteiger partial charge < -0.3 is 15.3 Å². The second-order valence-corrected chi connectivity index (χ2v) is 6.86. The zero-order chi connectivity index (χ0) is 14.5. The molecule has 1 aliphatic heterocycles. The van der Waals surface area contributed by atoms with Crippen LogP contribution in [0.2, 0.25) is 0 Å². The second kappa shape index (κ2) is 7.30. The Hall–Kier alpha value is -0.770. The summed E-state index contributed by atoms with van der Waals surface area (Å²) in [5, 5.41) is 12.4. The average molecular weight is 282 g/mol. The molecule has 20 heavy (non-hydrogen) atoms. The van der Waals surface area contributed by atoms with Gasteiger partial charge in [0.05, 0.1) is 0 Å². The van der Waals surface area contributed by atoms with Crippen LogP contribution in [-0.2, 0) is 0 Å². The number of carbonyl (C=O) groups is 1. The van der Waals surface area contributed by atoms with E-state index in [-0.39, 0.29) is 12.6 Å². The number of urea groups is 1. The highest BCUT2D eigenvalue weighted by atomic mass is 16.3. The molecule has 4 heteroatoms. The Kier molecular flexibility index (Phi) is 5.70. The lowest BCUT2D eigenvalue weighted by Crippen LogP contribution is -2.51. The third-order valence-electron chi connectivity index (χ3n) is 5.14. The first kappa shape index (κ1) is 15.6. The first-order chi connectivity index (χ1) is 9.61. The normalized spacial score (nSPS) is 28.7. The van der Waals surface area contributed by atoms with Crippen molar-refractivity contribution in [2.24, 2.45) is 17.8 Å². The average Bonchev–Trinajstić information content (AvgIpc) is 2.47. The lowest BCUT2D eigenvalue weighted by Gasteiger charge is -2.37. The zero-order valence-electron chi connectivity index (χ0n) is 13.0. The number of carbonyl (C=O) groups excluding carboxylic acids is 1. The molecule has 1 saturated carbocycles. The molecule has 2 fully saturated rings. The molecule has 1 saturated heterocycles. The number of aliphatic hydroxyl groups is 1. The van der Waals surface area contributed by atoms with Gasteiger partial charge in [0, 0.05) is 25.7 Å². The van der Waals surface area contributed by atoms with E-state index < -0.39 is 0 Å². The van der Waals surface area contributed by atoms with Gasteiger partial charge in [-0.15, -0.1) is 0 Å². The zero-order valence-corrected chi connectivity index (χ0v) is 13.0. The van der Waals surface area contributed by atoms with Crippen molar-refractivity contribution in [3.63, 3.8) is 0 Å². The summed E-state index contributed by atoms with van der Waals surface area (Å²) in [7, 11) is 0. The summed E-state index contributed by atoms with van der Waals surface area (Å²) in [6.07, 6.45) is 6.78. The van der Waals surface area contributed by atoms with E-state index >= 15 is 0 Å². The van der Waals surface area contributed by atoms with Gasteiger partial charge in [-0.2, -0.15) is 0 Å². The van der Waals surface area contributed by atoms with Gasteiger partial charge in [0.1, 0.15) is 0 Å². The number of nitrogens with zero attached hydrogens (tertiary/aromatic N) is 1. The predicted molar refractivity (Wildman–Crippen MR) is 80.5 cm³/mol.